The number of nitrogens with one attached hydrogen (secondary N) is 1. The van der Waals surface area contributed by atoms with Crippen LogP contribution in [0.2, 0.25) is 0 Å². The Hall–Kier alpha value is -2.14. The van der Waals surface area contributed by atoms with E-state index in [4.69, 9.17) is 0 Å². The van der Waals surface area contributed by atoms with Crippen molar-refractivity contribution < 1.29 is 8.78 Å². The van der Waals surface area contributed by atoms with Crippen LogP contribution >= 0.6 is 11.3 Å². The molecule has 2 nitrogen and oxygen atoms in total. The number of halogens is 2. The Morgan fingerprint density at radius 3 is 2.19 bits per heavy atom. The molecule has 0 bridgehead atoms. The highest BCUT2D eigenvalue weighted by Gasteiger charge is 2.38. The number of hydrogen-bond donors (Lipinski definition) is 1. The second kappa shape index (κ2) is 7.85. The van der Waals surface area contributed by atoms with Crippen molar-refractivity contribution in [2.24, 2.45) is 0 Å². The largest absolute Gasteiger partial charge is 0.365 e. The van der Waals surface area contributed by atoms with E-state index in [-0.39, 0.29) is 11.5 Å². The molecule has 0 aliphatic heterocycles. The van der Waals surface area contributed by atoms with E-state index < -0.39 is 11.5 Å². The Balaban J connectivity index is 2.53. The van der Waals surface area contributed by atoms with E-state index in [9.17, 15) is 8.78 Å². The summed E-state index contributed by atoms with van der Waals surface area (Å²) in [6.07, 6.45) is 1.87. The summed E-state index contributed by atoms with van der Waals surface area (Å²) in [6, 6.07) is 8.60. The molecule has 0 saturated carbocycles. The first kappa shape index (κ1) is 21.2. The quantitative estimate of drug-likeness (QED) is 0.558. The van der Waals surface area contributed by atoms with Gasteiger partial charge in [0.25, 0.3) is 5.92 Å². The molecule has 0 fully saturated rings. The fourth-order valence-corrected chi connectivity index (χ4v) is 4.37. The van der Waals surface area contributed by atoms with E-state index in [1.54, 1.807) is 23.5 Å². The summed E-state index contributed by atoms with van der Waals surface area (Å²) in [4.78, 5) is 3.09. The summed E-state index contributed by atoms with van der Waals surface area (Å²) >= 11 is 1.67. The number of benzene rings is 1. The number of hydrogen-bond acceptors (Lipinski definition) is 3. The molecule has 0 radical (unpaired) electrons. The monoisotopic (exact) mass is 390 g/mol. The fourth-order valence-electron chi connectivity index (χ4n) is 3.28. The SMILES string of the molecule is C=CC(c1ccc(C(C)(F)F)cc1)C(C)(NC(=C)N(C)C)c1sccc1C. The summed E-state index contributed by atoms with van der Waals surface area (Å²) < 4.78 is 27.2. The Morgan fingerprint density at radius 2 is 1.78 bits per heavy atom. The molecule has 2 unspecified atom stereocenters. The molecule has 2 aromatic rings. The lowest BCUT2D eigenvalue weighted by Crippen LogP contribution is -2.46. The average Bonchev–Trinajstić information content (AvgIpc) is 3.01. The van der Waals surface area contributed by atoms with Gasteiger partial charge >= 0.3 is 0 Å². The molecule has 1 N–H and O–H groups in total. The number of nitrogens with zero attached hydrogens (tertiary/aromatic N) is 1. The van der Waals surface area contributed by atoms with Crippen molar-refractivity contribution in [3.63, 3.8) is 0 Å². The lowest BCUT2D eigenvalue weighted by molar-refractivity contribution is 0.0174. The van der Waals surface area contributed by atoms with E-state index in [2.05, 4.69) is 43.8 Å². The lowest BCUT2D eigenvalue weighted by atomic mass is 9.78. The first-order chi connectivity index (χ1) is 12.5. The van der Waals surface area contributed by atoms with Crippen LogP contribution in [0.15, 0.2) is 60.8 Å². The highest BCUT2D eigenvalue weighted by atomic mass is 32.1. The lowest BCUT2D eigenvalue weighted by Gasteiger charge is -2.40. The van der Waals surface area contributed by atoms with Gasteiger partial charge in [0, 0.05) is 37.4 Å². The Morgan fingerprint density at radius 1 is 1.19 bits per heavy atom. The average molecular weight is 391 g/mol. The third kappa shape index (κ3) is 4.41. The second-order valence-corrected chi connectivity index (χ2v) is 8.24. The first-order valence-corrected chi connectivity index (χ1v) is 9.68. The maximum atomic E-state index is 13.6. The van der Waals surface area contributed by atoms with Gasteiger partial charge in [0.1, 0.15) is 0 Å². The molecule has 2 atom stereocenters. The molecule has 0 aliphatic rings. The van der Waals surface area contributed by atoms with Crippen LogP contribution in [0.3, 0.4) is 0 Å². The van der Waals surface area contributed by atoms with Gasteiger partial charge in [0.15, 0.2) is 0 Å². The molecule has 27 heavy (non-hydrogen) atoms. The smallest absolute Gasteiger partial charge is 0.270 e. The van der Waals surface area contributed by atoms with Gasteiger partial charge in [-0.3, -0.25) is 0 Å². The van der Waals surface area contributed by atoms with Crippen molar-refractivity contribution in [3.05, 3.63) is 82.3 Å². The maximum Gasteiger partial charge on any atom is 0.270 e. The van der Waals surface area contributed by atoms with Crippen LogP contribution in [-0.2, 0) is 11.5 Å². The molecular weight excluding hydrogens is 362 g/mol. The fraction of sp³-hybridized carbons (Fsp3) is 0.364. The van der Waals surface area contributed by atoms with E-state index in [1.165, 1.54) is 22.6 Å². The molecule has 1 aromatic carbocycles. The van der Waals surface area contributed by atoms with Gasteiger partial charge in [0.05, 0.1) is 11.4 Å². The van der Waals surface area contributed by atoms with Crippen molar-refractivity contribution >= 4 is 11.3 Å². The zero-order valence-corrected chi connectivity index (χ0v) is 17.5. The molecule has 1 aromatic heterocycles. The van der Waals surface area contributed by atoms with Gasteiger partial charge in [-0.15, -0.1) is 17.9 Å². The third-order valence-electron chi connectivity index (χ3n) is 4.91. The number of alkyl halides is 2. The molecule has 2 rings (SSSR count). The van der Waals surface area contributed by atoms with Gasteiger partial charge in [-0.05, 0) is 36.4 Å². The van der Waals surface area contributed by atoms with Gasteiger partial charge in [-0.1, -0.05) is 36.9 Å². The van der Waals surface area contributed by atoms with Crippen LogP contribution < -0.4 is 5.32 Å². The van der Waals surface area contributed by atoms with Crippen LogP contribution in [0.5, 0.6) is 0 Å². The van der Waals surface area contributed by atoms with E-state index in [0.717, 1.165) is 18.3 Å². The predicted molar refractivity (Wildman–Crippen MR) is 111 cm³/mol. The van der Waals surface area contributed by atoms with E-state index in [1.807, 2.05) is 25.1 Å². The topological polar surface area (TPSA) is 15.3 Å². The second-order valence-electron chi connectivity index (χ2n) is 7.32. The summed E-state index contributed by atoms with van der Waals surface area (Å²) in [5, 5.41) is 5.61. The molecule has 146 valence electrons. The molecule has 0 spiro atoms. The Bertz CT molecular complexity index is 802. The van der Waals surface area contributed by atoms with E-state index in [0.29, 0.717) is 0 Å². The molecule has 0 amide bonds. The molecule has 1 heterocycles. The minimum atomic E-state index is -2.85. The highest BCUT2D eigenvalue weighted by molar-refractivity contribution is 7.10. The minimum Gasteiger partial charge on any atom is -0.365 e. The Kier molecular flexibility index (Phi) is 6.15. The van der Waals surface area contributed by atoms with Crippen molar-refractivity contribution in [1.29, 1.82) is 0 Å². The number of aryl methyl sites for hydroxylation is 1. The summed E-state index contributed by atoms with van der Waals surface area (Å²) in [6.45, 7) is 13.3. The van der Waals surface area contributed by atoms with Crippen molar-refractivity contribution in [1.82, 2.24) is 10.2 Å². The third-order valence-corrected chi connectivity index (χ3v) is 6.17. The van der Waals surface area contributed by atoms with Crippen molar-refractivity contribution in [3.8, 4) is 0 Å². The van der Waals surface area contributed by atoms with Crippen LogP contribution in [0, 0.1) is 6.92 Å². The predicted octanol–water partition coefficient (Wildman–Crippen LogP) is 5.98. The molecule has 0 saturated heterocycles. The van der Waals surface area contributed by atoms with Gasteiger partial charge in [0.2, 0.25) is 0 Å². The van der Waals surface area contributed by atoms with Crippen molar-refractivity contribution in [2.75, 3.05) is 14.1 Å². The highest BCUT2D eigenvalue weighted by Crippen LogP contribution is 2.42. The van der Waals surface area contributed by atoms with Crippen molar-refractivity contribution in [2.45, 2.75) is 38.2 Å². The normalized spacial score (nSPS) is 14.9. The van der Waals surface area contributed by atoms with Gasteiger partial charge in [-0.25, -0.2) is 8.78 Å². The molecule has 5 heteroatoms. The summed E-state index contributed by atoms with van der Waals surface area (Å²) in [5.41, 5.74) is 1.59. The zero-order chi connectivity index (χ0) is 20.4. The summed E-state index contributed by atoms with van der Waals surface area (Å²) in [7, 11) is 3.86. The molecule has 0 aliphatic carbocycles. The Labute approximate surface area is 165 Å². The van der Waals surface area contributed by atoms with Gasteiger partial charge < -0.3 is 10.2 Å². The number of rotatable bonds is 8. The van der Waals surface area contributed by atoms with Crippen LogP contribution in [0.25, 0.3) is 0 Å². The van der Waals surface area contributed by atoms with Crippen LogP contribution in [0.4, 0.5) is 8.78 Å². The summed E-state index contributed by atoms with van der Waals surface area (Å²) in [5.74, 6) is -2.22. The minimum absolute atomic E-state index is 0.00808. The van der Waals surface area contributed by atoms with Gasteiger partial charge in [-0.2, -0.15) is 0 Å². The molecular formula is C22H28F2N2S. The van der Waals surface area contributed by atoms with Crippen LogP contribution in [0.1, 0.15) is 41.3 Å². The van der Waals surface area contributed by atoms with Crippen LogP contribution in [-0.4, -0.2) is 19.0 Å². The standard InChI is InChI=1S/C22H28F2N2S/c1-8-19(17-9-11-18(12-10-17)22(5,23)24)21(4,25-16(3)26(6)7)20-15(2)13-14-27-20/h8-14,19,25H,1,3H2,2,4-7H3. The first-order valence-electron chi connectivity index (χ1n) is 8.80. The number of thiophene rings is 1. The van der Waals surface area contributed by atoms with E-state index >= 15 is 0 Å². The zero-order valence-electron chi connectivity index (χ0n) is 16.6. The maximum absolute atomic E-state index is 13.6.